The van der Waals surface area contributed by atoms with Crippen LogP contribution >= 0.6 is 15.9 Å². The lowest BCUT2D eigenvalue weighted by atomic mass is 11.0. The first kappa shape index (κ1) is 7.63. The molecule has 7 heavy (non-hydrogen) atoms. The molecule has 44 valence electrons. The van der Waals surface area contributed by atoms with E-state index >= 15 is 0 Å². The summed E-state index contributed by atoms with van der Waals surface area (Å²) in [6.45, 7) is 3.80. The summed E-state index contributed by atoms with van der Waals surface area (Å²) in [5.74, 6) is 0.742. The summed E-state index contributed by atoms with van der Waals surface area (Å²) in [6, 6.07) is 0. The fourth-order valence-corrected chi connectivity index (χ4v) is 1.48. The van der Waals surface area contributed by atoms with Crippen LogP contribution in [0.25, 0.3) is 0 Å². The Labute approximate surface area is 55.1 Å². The maximum Gasteiger partial charge on any atom is 0.0870 e. The second-order valence-electron chi connectivity index (χ2n) is 1.21. The molecular formula is C4H9BrOS. The van der Waals surface area contributed by atoms with Gasteiger partial charge < -0.3 is 0 Å². The van der Waals surface area contributed by atoms with Crippen molar-refractivity contribution in [3.63, 3.8) is 0 Å². The quantitative estimate of drug-likeness (QED) is 0.595. The molecule has 0 aromatic carbocycles. The zero-order chi connectivity index (χ0) is 5.86. The third-order valence-electron chi connectivity index (χ3n) is 0.647. The van der Waals surface area contributed by atoms with Crippen LogP contribution in [0.1, 0.15) is 13.8 Å². The molecule has 0 aliphatic rings. The summed E-state index contributed by atoms with van der Waals surface area (Å²) in [5, 5.41) is 0. The molecule has 0 spiro atoms. The highest BCUT2D eigenvalue weighted by molar-refractivity contribution is 9.11. The Bertz CT molecular complexity index is 72.1. The van der Waals surface area contributed by atoms with E-state index in [1.807, 2.05) is 13.8 Å². The second kappa shape index (κ2) is 3.61. The van der Waals surface area contributed by atoms with Gasteiger partial charge in [-0.1, -0.05) is 22.9 Å². The van der Waals surface area contributed by atoms with Gasteiger partial charge in [0, 0.05) is 16.6 Å². The SMILES string of the molecule is CCS(=O)C(C)Br. The number of rotatable bonds is 2. The Morgan fingerprint density at radius 3 is 2.29 bits per heavy atom. The van der Waals surface area contributed by atoms with Gasteiger partial charge in [-0.25, -0.2) is 0 Å². The molecule has 0 N–H and O–H groups in total. The van der Waals surface area contributed by atoms with Crippen molar-refractivity contribution >= 4 is 26.7 Å². The summed E-state index contributed by atoms with van der Waals surface area (Å²) in [6.07, 6.45) is 0. The molecule has 1 nitrogen and oxygen atoms in total. The molecule has 0 fully saturated rings. The smallest absolute Gasteiger partial charge is 0.0870 e. The lowest BCUT2D eigenvalue weighted by Gasteiger charge is -1.96. The summed E-state index contributed by atoms with van der Waals surface area (Å²) in [4.78, 5) is 0. The number of halogens is 1. The van der Waals surface area contributed by atoms with E-state index in [1.54, 1.807) is 0 Å². The third-order valence-corrected chi connectivity index (χ3v) is 3.19. The van der Waals surface area contributed by atoms with Crippen molar-refractivity contribution in [2.24, 2.45) is 0 Å². The van der Waals surface area contributed by atoms with Gasteiger partial charge in [0.05, 0.1) is 4.16 Å². The van der Waals surface area contributed by atoms with Crippen molar-refractivity contribution in [3.8, 4) is 0 Å². The van der Waals surface area contributed by atoms with Crippen LogP contribution in [0.15, 0.2) is 0 Å². The number of alkyl halides is 1. The molecule has 0 bridgehead atoms. The van der Waals surface area contributed by atoms with E-state index in [-0.39, 0.29) is 4.16 Å². The molecule has 0 amide bonds. The molecule has 0 aliphatic carbocycles. The topological polar surface area (TPSA) is 17.1 Å². The van der Waals surface area contributed by atoms with Gasteiger partial charge >= 0.3 is 0 Å². The Balaban J connectivity index is 3.35. The van der Waals surface area contributed by atoms with Crippen LogP contribution < -0.4 is 0 Å². The molecule has 0 saturated heterocycles. The molecule has 0 aromatic heterocycles. The van der Waals surface area contributed by atoms with Crippen molar-refractivity contribution in [2.45, 2.75) is 18.0 Å². The Hall–Kier alpha value is 0.630. The van der Waals surface area contributed by atoms with Crippen molar-refractivity contribution in [2.75, 3.05) is 5.75 Å². The van der Waals surface area contributed by atoms with E-state index in [1.165, 1.54) is 0 Å². The monoisotopic (exact) mass is 184 g/mol. The zero-order valence-corrected chi connectivity index (χ0v) is 6.88. The van der Waals surface area contributed by atoms with Crippen LogP contribution in [-0.2, 0) is 10.8 Å². The average molecular weight is 185 g/mol. The van der Waals surface area contributed by atoms with Crippen LogP contribution in [-0.4, -0.2) is 14.1 Å². The summed E-state index contributed by atoms with van der Waals surface area (Å²) < 4.78 is 10.7. The van der Waals surface area contributed by atoms with Crippen LogP contribution in [0.2, 0.25) is 0 Å². The maximum absolute atomic E-state index is 10.6. The first-order valence-electron chi connectivity index (χ1n) is 2.19. The van der Waals surface area contributed by atoms with Gasteiger partial charge in [-0.15, -0.1) is 0 Å². The van der Waals surface area contributed by atoms with E-state index in [2.05, 4.69) is 15.9 Å². The molecular weight excluding hydrogens is 176 g/mol. The molecule has 2 atom stereocenters. The largest absolute Gasteiger partial charge is 0.258 e. The van der Waals surface area contributed by atoms with Gasteiger partial charge in [-0.3, -0.25) is 4.21 Å². The fraction of sp³-hybridized carbons (Fsp3) is 1.00. The van der Waals surface area contributed by atoms with E-state index in [0.29, 0.717) is 0 Å². The molecule has 0 heterocycles. The van der Waals surface area contributed by atoms with Crippen LogP contribution in [0.3, 0.4) is 0 Å². The van der Waals surface area contributed by atoms with Gasteiger partial charge in [-0.05, 0) is 6.92 Å². The van der Waals surface area contributed by atoms with E-state index in [4.69, 9.17) is 0 Å². The van der Waals surface area contributed by atoms with Gasteiger partial charge in [0.15, 0.2) is 0 Å². The molecule has 0 aliphatic heterocycles. The van der Waals surface area contributed by atoms with Crippen LogP contribution in [0.4, 0.5) is 0 Å². The Morgan fingerprint density at radius 1 is 1.86 bits per heavy atom. The molecule has 2 unspecified atom stereocenters. The van der Waals surface area contributed by atoms with E-state index < -0.39 is 10.8 Å². The van der Waals surface area contributed by atoms with Gasteiger partial charge in [0.1, 0.15) is 0 Å². The lowest BCUT2D eigenvalue weighted by molar-refractivity contribution is 0.683. The van der Waals surface area contributed by atoms with Crippen LogP contribution in [0.5, 0.6) is 0 Å². The lowest BCUT2D eigenvalue weighted by Crippen LogP contribution is -2.02. The van der Waals surface area contributed by atoms with Crippen LogP contribution in [0, 0.1) is 0 Å². The average Bonchev–Trinajstić information content (AvgIpc) is 1.65. The Morgan fingerprint density at radius 2 is 2.29 bits per heavy atom. The second-order valence-corrected chi connectivity index (χ2v) is 5.24. The van der Waals surface area contributed by atoms with E-state index in [0.717, 1.165) is 5.75 Å². The van der Waals surface area contributed by atoms with Crippen molar-refractivity contribution in [1.29, 1.82) is 0 Å². The van der Waals surface area contributed by atoms with Crippen molar-refractivity contribution < 1.29 is 4.21 Å². The highest BCUT2D eigenvalue weighted by Crippen LogP contribution is 2.02. The minimum absolute atomic E-state index is 0.150. The zero-order valence-electron chi connectivity index (χ0n) is 4.48. The molecule has 0 rings (SSSR count). The summed E-state index contributed by atoms with van der Waals surface area (Å²) in [7, 11) is -0.662. The molecule has 0 aromatic rings. The number of hydrogen-bond acceptors (Lipinski definition) is 1. The van der Waals surface area contributed by atoms with Gasteiger partial charge in [-0.2, -0.15) is 0 Å². The highest BCUT2D eigenvalue weighted by Gasteiger charge is 2.00. The minimum atomic E-state index is -0.662. The maximum atomic E-state index is 10.6. The predicted molar refractivity (Wildman–Crippen MR) is 37.1 cm³/mol. The Kier molecular flexibility index (Phi) is 3.93. The van der Waals surface area contributed by atoms with Crippen molar-refractivity contribution in [1.82, 2.24) is 0 Å². The summed E-state index contributed by atoms with van der Waals surface area (Å²) in [5.41, 5.74) is 0. The van der Waals surface area contributed by atoms with E-state index in [9.17, 15) is 4.21 Å². The van der Waals surface area contributed by atoms with Crippen molar-refractivity contribution in [3.05, 3.63) is 0 Å². The number of hydrogen-bond donors (Lipinski definition) is 0. The standard InChI is InChI=1S/C4H9BrOS/c1-3-7(6)4(2)5/h4H,3H2,1-2H3. The van der Waals surface area contributed by atoms with Gasteiger partial charge in [0.2, 0.25) is 0 Å². The third kappa shape index (κ3) is 3.23. The van der Waals surface area contributed by atoms with Gasteiger partial charge in [0.25, 0.3) is 0 Å². The normalized spacial score (nSPS) is 18.7. The fourth-order valence-electron chi connectivity index (χ4n) is 0.230. The first-order valence-corrected chi connectivity index (χ1v) is 4.49. The molecule has 0 radical (unpaired) electrons. The predicted octanol–water partition coefficient (Wildman–Crippen LogP) is 1.50. The minimum Gasteiger partial charge on any atom is -0.258 e. The summed E-state index contributed by atoms with van der Waals surface area (Å²) >= 11 is 3.20. The molecule has 3 heteroatoms. The molecule has 0 saturated carbocycles. The first-order chi connectivity index (χ1) is 3.18. The highest BCUT2D eigenvalue weighted by atomic mass is 79.9.